The van der Waals surface area contributed by atoms with Gasteiger partial charge in [-0.15, -0.1) is 0 Å². The van der Waals surface area contributed by atoms with Gasteiger partial charge in [-0.1, -0.05) is 44.2 Å². The minimum absolute atomic E-state index is 0.00318. The van der Waals surface area contributed by atoms with Crippen LogP contribution in [0.1, 0.15) is 19.4 Å². The van der Waals surface area contributed by atoms with E-state index in [0.717, 1.165) is 5.56 Å². The SMILES string of the molecule is CC(C)C(NC(=O)OCc1ccccc1)P(=O)(O)OCC(=O)O. The molecule has 0 aliphatic rings. The number of rotatable bonds is 8. The molecule has 8 nitrogen and oxygen atoms in total. The third-order valence-electron chi connectivity index (χ3n) is 2.83. The quantitative estimate of drug-likeness (QED) is 0.617. The third-order valence-corrected chi connectivity index (χ3v) is 4.76. The van der Waals surface area contributed by atoms with Crippen LogP contribution in [-0.2, 0) is 25.2 Å². The zero-order chi connectivity index (χ0) is 17.5. The number of benzene rings is 1. The third kappa shape index (κ3) is 6.81. The van der Waals surface area contributed by atoms with Crippen LogP contribution in [0.3, 0.4) is 0 Å². The number of carbonyl (C=O) groups excluding carboxylic acids is 1. The van der Waals surface area contributed by atoms with Gasteiger partial charge < -0.3 is 20.1 Å². The number of carboxylic acid groups (broad SMARTS) is 1. The van der Waals surface area contributed by atoms with E-state index in [2.05, 4.69) is 9.84 Å². The molecular weight excluding hydrogens is 325 g/mol. The second kappa shape index (κ2) is 8.67. The van der Waals surface area contributed by atoms with Crippen molar-refractivity contribution in [1.82, 2.24) is 5.32 Å². The van der Waals surface area contributed by atoms with Gasteiger partial charge in [-0.2, -0.15) is 0 Å². The maximum Gasteiger partial charge on any atom is 0.408 e. The van der Waals surface area contributed by atoms with Crippen LogP contribution in [-0.4, -0.2) is 34.5 Å². The summed E-state index contributed by atoms with van der Waals surface area (Å²) in [6.45, 7) is 2.26. The summed E-state index contributed by atoms with van der Waals surface area (Å²) in [7, 11) is -4.35. The lowest BCUT2D eigenvalue weighted by molar-refractivity contribution is -0.139. The van der Waals surface area contributed by atoms with Crippen molar-refractivity contribution in [2.24, 2.45) is 5.92 Å². The molecule has 128 valence electrons. The molecule has 0 saturated heterocycles. The Bertz CT molecular complexity index is 576. The highest BCUT2D eigenvalue weighted by atomic mass is 31.2. The van der Waals surface area contributed by atoms with E-state index in [1.165, 1.54) is 0 Å². The number of amides is 1. The lowest BCUT2D eigenvalue weighted by Gasteiger charge is -2.25. The zero-order valence-electron chi connectivity index (χ0n) is 12.8. The lowest BCUT2D eigenvalue weighted by atomic mass is 10.2. The number of carbonyl (C=O) groups is 2. The molecule has 0 radical (unpaired) electrons. The molecule has 1 aromatic carbocycles. The highest BCUT2D eigenvalue weighted by molar-refractivity contribution is 7.53. The van der Waals surface area contributed by atoms with E-state index in [0.29, 0.717) is 0 Å². The van der Waals surface area contributed by atoms with Gasteiger partial charge in [0.25, 0.3) is 0 Å². The lowest BCUT2D eigenvalue weighted by Crippen LogP contribution is -2.39. The normalized spacial score (nSPS) is 14.8. The molecule has 0 aliphatic carbocycles. The molecule has 0 spiro atoms. The van der Waals surface area contributed by atoms with E-state index in [4.69, 9.17) is 9.84 Å². The number of nitrogens with one attached hydrogen (secondary N) is 1. The fourth-order valence-electron chi connectivity index (χ4n) is 1.74. The van der Waals surface area contributed by atoms with E-state index in [9.17, 15) is 19.0 Å². The van der Waals surface area contributed by atoms with E-state index in [1.54, 1.807) is 38.1 Å². The molecule has 0 aliphatic heterocycles. The second-order valence-corrected chi connectivity index (χ2v) is 7.07. The Hall–Kier alpha value is -1.89. The summed E-state index contributed by atoms with van der Waals surface area (Å²) in [4.78, 5) is 32.1. The fraction of sp³-hybridized carbons (Fsp3) is 0.429. The van der Waals surface area contributed by atoms with E-state index >= 15 is 0 Å². The minimum Gasteiger partial charge on any atom is -0.480 e. The highest BCUT2D eigenvalue weighted by Gasteiger charge is 2.37. The van der Waals surface area contributed by atoms with Crippen LogP contribution < -0.4 is 5.32 Å². The van der Waals surface area contributed by atoms with E-state index < -0.39 is 38.0 Å². The Morgan fingerprint density at radius 3 is 2.39 bits per heavy atom. The Kier molecular flexibility index (Phi) is 7.22. The van der Waals surface area contributed by atoms with Gasteiger partial charge >= 0.3 is 19.7 Å². The molecule has 0 bridgehead atoms. The summed E-state index contributed by atoms with van der Waals surface area (Å²) in [5, 5.41) is 10.8. The van der Waals surface area contributed by atoms with Crippen LogP contribution in [0.15, 0.2) is 30.3 Å². The summed E-state index contributed by atoms with van der Waals surface area (Å²) in [5.74, 6) is -3.12. The molecule has 1 aromatic rings. The van der Waals surface area contributed by atoms with Gasteiger partial charge in [0.15, 0.2) is 6.61 Å². The average molecular weight is 345 g/mol. The van der Waals surface area contributed by atoms with Gasteiger partial charge in [-0.3, -0.25) is 9.09 Å². The van der Waals surface area contributed by atoms with Gasteiger partial charge in [-0.25, -0.2) is 9.59 Å². The monoisotopic (exact) mass is 345 g/mol. The summed E-state index contributed by atoms with van der Waals surface area (Å²) in [5.41, 5.74) is 0.762. The summed E-state index contributed by atoms with van der Waals surface area (Å²) in [6, 6.07) is 8.92. The summed E-state index contributed by atoms with van der Waals surface area (Å²) in [6.07, 6.45) is -0.888. The fourth-order valence-corrected chi connectivity index (χ4v) is 3.22. The van der Waals surface area contributed by atoms with Crippen molar-refractivity contribution in [2.75, 3.05) is 6.61 Å². The molecule has 3 N–H and O–H groups in total. The molecule has 23 heavy (non-hydrogen) atoms. The number of aliphatic carboxylic acids is 1. The number of hydrogen-bond acceptors (Lipinski definition) is 5. The predicted octanol–water partition coefficient (Wildman–Crippen LogP) is 2.18. The first-order chi connectivity index (χ1) is 10.7. The van der Waals surface area contributed by atoms with E-state index in [1.807, 2.05) is 6.07 Å². The Morgan fingerprint density at radius 1 is 1.26 bits per heavy atom. The van der Waals surface area contributed by atoms with Crippen molar-refractivity contribution in [3.8, 4) is 0 Å². The van der Waals surface area contributed by atoms with Gasteiger partial charge in [0.1, 0.15) is 12.4 Å². The Morgan fingerprint density at radius 2 is 1.87 bits per heavy atom. The average Bonchev–Trinajstić information content (AvgIpc) is 2.49. The molecule has 9 heteroatoms. The molecule has 0 aromatic heterocycles. The van der Waals surface area contributed by atoms with Crippen molar-refractivity contribution < 1.29 is 33.4 Å². The maximum atomic E-state index is 12.1. The first-order valence-corrected chi connectivity index (χ1v) is 8.53. The molecular formula is C14H20NO7P. The highest BCUT2D eigenvalue weighted by Crippen LogP contribution is 2.49. The first-order valence-electron chi connectivity index (χ1n) is 6.88. The Balaban J connectivity index is 2.62. The Labute approximate surface area is 134 Å². The van der Waals surface area contributed by atoms with Crippen LogP contribution in [0.4, 0.5) is 4.79 Å². The molecule has 1 amide bonds. The second-order valence-electron chi connectivity index (χ2n) is 5.13. The van der Waals surface area contributed by atoms with Crippen molar-refractivity contribution in [3.05, 3.63) is 35.9 Å². The molecule has 2 unspecified atom stereocenters. The van der Waals surface area contributed by atoms with Crippen LogP contribution in [0.5, 0.6) is 0 Å². The summed E-state index contributed by atoms with van der Waals surface area (Å²) < 4.78 is 21.6. The van der Waals surface area contributed by atoms with Crippen LogP contribution >= 0.6 is 7.60 Å². The topological polar surface area (TPSA) is 122 Å². The van der Waals surface area contributed by atoms with Crippen molar-refractivity contribution in [1.29, 1.82) is 0 Å². The van der Waals surface area contributed by atoms with Crippen LogP contribution in [0.2, 0.25) is 0 Å². The molecule has 1 rings (SSSR count). The molecule has 2 atom stereocenters. The zero-order valence-corrected chi connectivity index (χ0v) is 13.7. The van der Waals surface area contributed by atoms with Crippen LogP contribution in [0, 0.1) is 5.92 Å². The van der Waals surface area contributed by atoms with Gasteiger partial charge in [0, 0.05) is 0 Å². The number of alkyl carbamates (subject to hydrolysis) is 1. The standard InChI is InChI=1S/C14H20NO7P/c1-10(2)13(23(19,20)22-9-12(16)17)15-14(18)21-8-11-6-4-3-5-7-11/h3-7,10,13H,8-9H2,1-2H3,(H,15,18)(H,16,17)(H,19,20). The van der Waals surface area contributed by atoms with Crippen molar-refractivity contribution >= 4 is 19.7 Å². The van der Waals surface area contributed by atoms with Crippen LogP contribution in [0.25, 0.3) is 0 Å². The number of hydrogen-bond donors (Lipinski definition) is 3. The van der Waals surface area contributed by atoms with Gasteiger partial charge in [0.2, 0.25) is 0 Å². The minimum atomic E-state index is -4.35. The smallest absolute Gasteiger partial charge is 0.408 e. The van der Waals surface area contributed by atoms with Crippen molar-refractivity contribution in [2.45, 2.75) is 26.2 Å². The number of carboxylic acids is 1. The molecule has 0 saturated carbocycles. The maximum absolute atomic E-state index is 12.1. The van der Waals surface area contributed by atoms with E-state index in [-0.39, 0.29) is 6.61 Å². The summed E-state index contributed by atoms with van der Waals surface area (Å²) >= 11 is 0. The van der Waals surface area contributed by atoms with Crippen molar-refractivity contribution in [3.63, 3.8) is 0 Å². The predicted molar refractivity (Wildman–Crippen MR) is 81.8 cm³/mol. The van der Waals surface area contributed by atoms with Gasteiger partial charge in [-0.05, 0) is 11.5 Å². The molecule has 0 fully saturated rings. The largest absolute Gasteiger partial charge is 0.480 e. The number of ether oxygens (including phenoxy) is 1. The molecule has 0 heterocycles. The van der Waals surface area contributed by atoms with Gasteiger partial charge in [0.05, 0.1) is 0 Å². The first kappa shape index (κ1) is 19.2.